The van der Waals surface area contributed by atoms with Crippen molar-refractivity contribution in [2.45, 2.75) is 32.7 Å². The fraction of sp³-hybridized carbons (Fsp3) is 0.500. The van der Waals surface area contributed by atoms with Gasteiger partial charge < -0.3 is 20.7 Å². The van der Waals surface area contributed by atoms with Crippen LogP contribution < -0.4 is 10.6 Å². The van der Waals surface area contributed by atoms with Crippen molar-refractivity contribution < 1.29 is 9.90 Å². The summed E-state index contributed by atoms with van der Waals surface area (Å²) in [5, 5.41) is 14.8. The SMILES string of the molecule is CC(C)CC(CO)NC(=O)NCCc1nc2ccccc2[nH]1. The number of hydrogen-bond acceptors (Lipinski definition) is 3. The maximum atomic E-state index is 11.8. The number of aromatic amines is 1. The monoisotopic (exact) mass is 304 g/mol. The molecule has 0 radical (unpaired) electrons. The first-order valence-electron chi connectivity index (χ1n) is 7.67. The summed E-state index contributed by atoms with van der Waals surface area (Å²) in [6, 6.07) is 7.38. The minimum atomic E-state index is -0.254. The number of carbonyl (C=O) groups is 1. The molecule has 4 N–H and O–H groups in total. The summed E-state index contributed by atoms with van der Waals surface area (Å²) < 4.78 is 0. The number of para-hydroxylation sites is 2. The molecule has 1 heterocycles. The lowest BCUT2D eigenvalue weighted by atomic mass is 10.0. The summed E-state index contributed by atoms with van der Waals surface area (Å²) in [4.78, 5) is 19.5. The van der Waals surface area contributed by atoms with Crippen molar-refractivity contribution >= 4 is 17.1 Å². The third-order valence-electron chi connectivity index (χ3n) is 3.40. The molecule has 1 aromatic carbocycles. The van der Waals surface area contributed by atoms with Crippen molar-refractivity contribution in [1.82, 2.24) is 20.6 Å². The van der Waals surface area contributed by atoms with Crippen molar-refractivity contribution in [2.24, 2.45) is 5.92 Å². The van der Waals surface area contributed by atoms with Crippen LogP contribution in [0.1, 0.15) is 26.1 Å². The number of rotatable bonds is 7. The highest BCUT2D eigenvalue weighted by atomic mass is 16.3. The molecule has 0 aliphatic carbocycles. The lowest BCUT2D eigenvalue weighted by Gasteiger charge is -2.18. The second-order valence-electron chi connectivity index (χ2n) is 5.86. The van der Waals surface area contributed by atoms with Crippen LogP contribution in [0.25, 0.3) is 11.0 Å². The van der Waals surface area contributed by atoms with Gasteiger partial charge >= 0.3 is 6.03 Å². The predicted molar refractivity (Wildman–Crippen MR) is 86.7 cm³/mol. The zero-order valence-electron chi connectivity index (χ0n) is 13.1. The number of aliphatic hydroxyl groups is 1. The van der Waals surface area contributed by atoms with E-state index in [9.17, 15) is 9.90 Å². The highest BCUT2D eigenvalue weighted by Gasteiger charge is 2.12. The van der Waals surface area contributed by atoms with E-state index < -0.39 is 0 Å². The van der Waals surface area contributed by atoms with Crippen LogP contribution in [0.3, 0.4) is 0 Å². The number of aromatic nitrogens is 2. The van der Waals surface area contributed by atoms with Gasteiger partial charge in [0.1, 0.15) is 5.82 Å². The molecule has 0 saturated carbocycles. The molecule has 6 heteroatoms. The van der Waals surface area contributed by atoms with Crippen molar-refractivity contribution in [2.75, 3.05) is 13.2 Å². The Labute approximate surface area is 130 Å². The number of nitrogens with zero attached hydrogens (tertiary/aromatic N) is 1. The van der Waals surface area contributed by atoms with Crippen molar-refractivity contribution in [3.63, 3.8) is 0 Å². The second-order valence-corrected chi connectivity index (χ2v) is 5.86. The number of amides is 2. The first-order chi connectivity index (χ1) is 10.6. The van der Waals surface area contributed by atoms with Crippen LogP contribution in [-0.4, -0.2) is 40.3 Å². The van der Waals surface area contributed by atoms with Crippen LogP contribution in [0, 0.1) is 5.92 Å². The molecule has 120 valence electrons. The Kier molecular flexibility index (Phi) is 5.77. The molecule has 2 rings (SSSR count). The normalized spacial score (nSPS) is 12.5. The molecule has 22 heavy (non-hydrogen) atoms. The molecule has 1 unspecified atom stereocenters. The second kappa shape index (κ2) is 7.79. The molecule has 0 bridgehead atoms. The van der Waals surface area contributed by atoms with Gasteiger partial charge in [0, 0.05) is 13.0 Å². The van der Waals surface area contributed by atoms with E-state index in [0.717, 1.165) is 23.3 Å². The fourth-order valence-corrected chi connectivity index (χ4v) is 2.40. The van der Waals surface area contributed by atoms with Crippen molar-refractivity contribution in [3.05, 3.63) is 30.1 Å². The molecule has 2 aromatic rings. The smallest absolute Gasteiger partial charge is 0.315 e. The number of H-pyrrole nitrogens is 1. The Bertz CT molecular complexity index is 576. The average molecular weight is 304 g/mol. The molecule has 0 aliphatic rings. The molecule has 1 atom stereocenters. The molecular formula is C16H24N4O2. The highest BCUT2D eigenvalue weighted by Crippen LogP contribution is 2.10. The number of nitrogens with one attached hydrogen (secondary N) is 3. The van der Waals surface area contributed by atoms with Crippen LogP contribution in [0.2, 0.25) is 0 Å². The quantitative estimate of drug-likeness (QED) is 0.629. The average Bonchev–Trinajstić information content (AvgIpc) is 2.88. The van der Waals surface area contributed by atoms with Gasteiger partial charge in [0.05, 0.1) is 23.7 Å². The van der Waals surface area contributed by atoms with Crippen LogP contribution in [0.15, 0.2) is 24.3 Å². The number of hydrogen-bond donors (Lipinski definition) is 4. The number of benzene rings is 1. The standard InChI is InChI=1S/C16H24N4O2/c1-11(2)9-12(10-21)18-16(22)17-8-7-15-19-13-5-3-4-6-14(13)20-15/h3-6,11-12,21H,7-10H2,1-2H3,(H,19,20)(H2,17,18,22). The van der Waals surface area contributed by atoms with Gasteiger partial charge in [-0.1, -0.05) is 26.0 Å². The van der Waals surface area contributed by atoms with Crippen molar-refractivity contribution in [3.8, 4) is 0 Å². The molecule has 0 saturated heterocycles. The lowest BCUT2D eigenvalue weighted by molar-refractivity contribution is 0.207. The molecule has 2 amide bonds. The molecule has 0 fully saturated rings. The van der Waals surface area contributed by atoms with E-state index >= 15 is 0 Å². The minimum Gasteiger partial charge on any atom is -0.394 e. The number of urea groups is 1. The molecule has 0 spiro atoms. The summed E-state index contributed by atoms with van der Waals surface area (Å²) in [7, 11) is 0. The van der Waals surface area contributed by atoms with Gasteiger partial charge in [-0.2, -0.15) is 0 Å². The summed E-state index contributed by atoms with van der Waals surface area (Å²) in [5.74, 6) is 1.27. The molecule has 6 nitrogen and oxygen atoms in total. The zero-order chi connectivity index (χ0) is 15.9. The van der Waals surface area contributed by atoms with Crippen LogP contribution in [0.4, 0.5) is 4.79 Å². The highest BCUT2D eigenvalue weighted by molar-refractivity contribution is 5.75. The van der Waals surface area contributed by atoms with Crippen LogP contribution in [-0.2, 0) is 6.42 Å². The summed E-state index contributed by atoms with van der Waals surface area (Å²) >= 11 is 0. The Morgan fingerprint density at radius 1 is 1.36 bits per heavy atom. The molecule has 1 aromatic heterocycles. The summed E-state index contributed by atoms with van der Waals surface area (Å²) in [6.07, 6.45) is 1.39. The number of fused-ring (bicyclic) bond motifs is 1. The van der Waals surface area contributed by atoms with E-state index in [1.165, 1.54) is 0 Å². The largest absolute Gasteiger partial charge is 0.394 e. The minimum absolute atomic E-state index is 0.0465. The van der Waals surface area contributed by atoms with Gasteiger partial charge in [-0.25, -0.2) is 9.78 Å². The maximum Gasteiger partial charge on any atom is 0.315 e. The van der Waals surface area contributed by atoms with Gasteiger partial charge in [0.25, 0.3) is 0 Å². The van der Waals surface area contributed by atoms with E-state index in [1.54, 1.807) is 0 Å². The van der Waals surface area contributed by atoms with E-state index in [2.05, 4.69) is 34.4 Å². The van der Waals surface area contributed by atoms with E-state index in [4.69, 9.17) is 0 Å². The summed E-state index contributed by atoms with van der Waals surface area (Å²) in [6.45, 7) is 4.56. The predicted octanol–water partition coefficient (Wildman–Crippen LogP) is 1.81. The Hall–Kier alpha value is -2.08. The topological polar surface area (TPSA) is 90.0 Å². The number of imidazole rings is 1. The van der Waals surface area contributed by atoms with E-state index in [1.807, 2.05) is 24.3 Å². The lowest BCUT2D eigenvalue weighted by Crippen LogP contribution is -2.44. The Balaban J connectivity index is 1.76. The Morgan fingerprint density at radius 3 is 2.82 bits per heavy atom. The van der Waals surface area contributed by atoms with Gasteiger partial charge in [-0.15, -0.1) is 0 Å². The van der Waals surface area contributed by atoms with Gasteiger partial charge in [0.2, 0.25) is 0 Å². The fourth-order valence-electron chi connectivity index (χ4n) is 2.40. The maximum absolute atomic E-state index is 11.8. The number of aliphatic hydroxyl groups excluding tert-OH is 1. The third kappa shape index (κ3) is 4.73. The molecule has 0 aliphatic heterocycles. The van der Waals surface area contributed by atoms with Gasteiger partial charge in [-0.05, 0) is 24.5 Å². The van der Waals surface area contributed by atoms with Crippen LogP contribution in [0.5, 0.6) is 0 Å². The first kappa shape index (κ1) is 16.3. The van der Waals surface area contributed by atoms with Crippen LogP contribution >= 0.6 is 0 Å². The van der Waals surface area contributed by atoms with Gasteiger partial charge in [-0.3, -0.25) is 0 Å². The number of carbonyl (C=O) groups excluding carboxylic acids is 1. The summed E-state index contributed by atoms with van der Waals surface area (Å²) in [5.41, 5.74) is 1.93. The van der Waals surface area contributed by atoms with Crippen molar-refractivity contribution in [1.29, 1.82) is 0 Å². The molecular weight excluding hydrogens is 280 g/mol. The van der Waals surface area contributed by atoms with E-state index in [0.29, 0.717) is 18.9 Å². The third-order valence-corrected chi connectivity index (χ3v) is 3.40. The van der Waals surface area contributed by atoms with Gasteiger partial charge in [0.15, 0.2) is 0 Å². The van der Waals surface area contributed by atoms with E-state index in [-0.39, 0.29) is 18.7 Å². The Morgan fingerprint density at radius 2 is 2.14 bits per heavy atom. The zero-order valence-corrected chi connectivity index (χ0v) is 13.1. The first-order valence-corrected chi connectivity index (χ1v) is 7.67.